The van der Waals surface area contributed by atoms with Gasteiger partial charge in [0.05, 0.1) is 4.90 Å². The van der Waals surface area contributed by atoms with Crippen LogP contribution in [0.25, 0.3) is 0 Å². The van der Waals surface area contributed by atoms with Crippen LogP contribution in [0.3, 0.4) is 0 Å². The molecule has 0 aliphatic carbocycles. The van der Waals surface area contributed by atoms with Crippen molar-refractivity contribution in [1.82, 2.24) is 5.32 Å². The van der Waals surface area contributed by atoms with Gasteiger partial charge in [-0.05, 0) is 38.0 Å². The van der Waals surface area contributed by atoms with Crippen LogP contribution >= 0.6 is 22.3 Å². The third kappa shape index (κ3) is 4.09. The zero-order valence-corrected chi connectivity index (χ0v) is 13.2. The molecule has 0 bridgehead atoms. The highest BCUT2D eigenvalue weighted by Gasteiger charge is 2.19. The van der Waals surface area contributed by atoms with Gasteiger partial charge in [-0.1, -0.05) is 18.5 Å². The van der Waals surface area contributed by atoms with Gasteiger partial charge in [-0.15, -0.1) is 0 Å². The molecule has 0 aliphatic heterocycles. The quantitative estimate of drug-likeness (QED) is 0.866. The maximum Gasteiger partial charge on any atom is 0.261 e. The fraction of sp³-hybridized carbons (Fsp3) is 0.417. The molecular formula is C12H15Cl2NO3S. The van der Waals surface area contributed by atoms with Crippen LogP contribution in [0.1, 0.15) is 36.2 Å². The van der Waals surface area contributed by atoms with E-state index in [1.165, 1.54) is 12.1 Å². The van der Waals surface area contributed by atoms with Crippen molar-refractivity contribution >= 4 is 37.2 Å². The fourth-order valence-corrected chi connectivity index (χ4v) is 2.50. The van der Waals surface area contributed by atoms with E-state index in [9.17, 15) is 13.2 Å². The SMILES string of the molecule is CCC(C)NC(=O)c1cc(S(=O)(=O)Cl)cc(Cl)c1C. The fourth-order valence-electron chi connectivity index (χ4n) is 1.43. The highest BCUT2D eigenvalue weighted by atomic mass is 35.7. The lowest BCUT2D eigenvalue weighted by molar-refractivity contribution is 0.0938. The van der Waals surface area contributed by atoms with Gasteiger partial charge in [0.2, 0.25) is 0 Å². The van der Waals surface area contributed by atoms with Crippen LogP contribution in [-0.4, -0.2) is 20.4 Å². The standard InChI is InChI=1S/C12H15Cl2NO3S/c1-4-7(2)15-12(16)10-5-9(19(14,17)18)6-11(13)8(10)3/h5-7H,4H2,1-3H3,(H,15,16). The molecule has 0 heterocycles. The number of rotatable bonds is 4. The molecular weight excluding hydrogens is 309 g/mol. The van der Waals surface area contributed by atoms with Gasteiger partial charge in [-0.3, -0.25) is 4.79 Å². The molecule has 0 saturated heterocycles. The van der Waals surface area contributed by atoms with Gasteiger partial charge in [-0.25, -0.2) is 8.42 Å². The molecule has 1 rings (SSSR count). The summed E-state index contributed by atoms with van der Waals surface area (Å²) in [5.41, 5.74) is 0.735. The van der Waals surface area contributed by atoms with E-state index in [2.05, 4.69) is 5.32 Å². The smallest absolute Gasteiger partial charge is 0.261 e. The van der Waals surface area contributed by atoms with E-state index >= 15 is 0 Å². The van der Waals surface area contributed by atoms with Gasteiger partial charge in [0.25, 0.3) is 15.0 Å². The van der Waals surface area contributed by atoms with Crippen LogP contribution in [-0.2, 0) is 9.05 Å². The molecule has 0 aliphatic rings. The summed E-state index contributed by atoms with van der Waals surface area (Å²) in [7, 11) is 1.35. The Hall–Kier alpha value is -0.780. The Bertz CT molecular complexity index is 599. The number of amides is 1. The minimum absolute atomic E-state index is 0.0121. The minimum Gasteiger partial charge on any atom is -0.350 e. The van der Waals surface area contributed by atoms with E-state index < -0.39 is 9.05 Å². The first-order chi connectivity index (χ1) is 8.66. The maximum absolute atomic E-state index is 12.1. The Balaban J connectivity index is 3.27. The molecule has 106 valence electrons. The van der Waals surface area contributed by atoms with Crippen LogP contribution < -0.4 is 5.32 Å². The molecule has 1 N–H and O–H groups in total. The number of benzene rings is 1. The zero-order valence-electron chi connectivity index (χ0n) is 10.8. The molecule has 1 unspecified atom stereocenters. The summed E-state index contributed by atoms with van der Waals surface area (Å²) in [6.45, 7) is 5.44. The first-order valence-corrected chi connectivity index (χ1v) is 8.41. The number of hydrogen-bond acceptors (Lipinski definition) is 3. The summed E-state index contributed by atoms with van der Waals surface area (Å²) < 4.78 is 22.6. The predicted octanol–water partition coefficient (Wildman–Crippen LogP) is 3.10. The molecule has 0 fully saturated rings. The second-order valence-electron chi connectivity index (χ2n) is 4.30. The topological polar surface area (TPSA) is 63.2 Å². The van der Waals surface area contributed by atoms with Gasteiger partial charge in [0.1, 0.15) is 0 Å². The molecule has 1 aromatic carbocycles. The van der Waals surface area contributed by atoms with E-state index in [1.54, 1.807) is 6.92 Å². The summed E-state index contributed by atoms with van der Waals surface area (Å²) in [4.78, 5) is 11.9. The van der Waals surface area contributed by atoms with E-state index in [1.807, 2.05) is 13.8 Å². The number of hydrogen-bond donors (Lipinski definition) is 1. The summed E-state index contributed by atoms with van der Waals surface area (Å²) in [6, 6.07) is 2.46. The lowest BCUT2D eigenvalue weighted by Gasteiger charge is -2.14. The van der Waals surface area contributed by atoms with Crippen molar-refractivity contribution < 1.29 is 13.2 Å². The summed E-state index contributed by atoms with van der Waals surface area (Å²) in [5.74, 6) is -0.365. The first-order valence-electron chi connectivity index (χ1n) is 5.72. The van der Waals surface area contributed by atoms with Crippen molar-refractivity contribution in [3.8, 4) is 0 Å². The van der Waals surface area contributed by atoms with Crippen molar-refractivity contribution in [2.75, 3.05) is 0 Å². The Morgan fingerprint density at radius 2 is 2.00 bits per heavy atom. The van der Waals surface area contributed by atoms with Crippen LogP contribution in [0.15, 0.2) is 17.0 Å². The number of carbonyl (C=O) groups excluding carboxylic acids is 1. The molecule has 1 aromatic rings. The van der Waals surface area contributed by atoms with Gasteiger partial charge in [-0.2, -0.15) is 0 Å². The van der Waals surface area contributed by atoms with Gasteiger partial charge < -0.3 is 5.32 Å². The second kappa shape index (κ2) is 6.11. The third-order valence-electron chi connectivity index (χ3n) is 2.83. The second-order valence-corrected chi connectivity index (χ2v) is 7.27. The molecule has 19 heavy (non-hydrogen) atoms. The Morgan fingerprint density at radius 1 is 1.42 bits per heavy atom. The Labute approximate surface area is 122 Å². The van der Waals surface area contributed by atoms with Crippen molar-refractivity contribution in [1.29, 1.82) is 0 Å². The van der Waals surface area contributed by atoms with Crippen LogP contribution in [0.4, 0.5) is 0 Å². The summed E-state index contributed by atoms with van der Waals surface area (Å²) >= 11 is 5.94. The zero-order chi connectivity index (χ0) is 14.8. The molecule has 1 amide bonds. The van der Waals surface area contributed by atoms with Crippen LogP contribution in [0.2, 0.25) is 5.02 Å². The van der Waals surface area contributed by atoms with Crippen molar-refractivity contribution in [3.63, 3.8) is 0 Å². The van der Waals surface area contributed by atoms with E-state index in [0.717, 1.165) is 6.42 Å². The summed E-state index contributed by atoms with van der Waals surface area (Å²) in [6.07, 6.45) is 0.770. The van der Waals surface area contributed by atoms with Crippen molar-refractivity contribution in [2.45, 2.75) is 38.1 Å². The van der Waals surface area contributed by atoms with Crippen molar-refractivity contribution in [3.05, 3.63) is 28.3 Å². The molecule has 0 saturated carbocycles. The van der Waals surface area contributed by atoms with Crippen LogP contribution in [0, 0.1) is 6.92 Å². The highest BCUT2D eigenvalue weighted by molar-refractivity contribution is 8.13. The van der Waals surface area contributed by atoms with E-state index in [-0.39, 0.29) is 27.4 Å². The maximum atomic E-state index is 12.1. The average molecular weight is 324 g/mol. The monoisotopic (exact) mass is 323 g/mol. The average Bonchev–Trinajstić information content (AvgIpc) is 2.30. The first kappa shape index (κ1) is 16.3. The molecule has 7 heteroatoms. The number of halogens is 2. The van der Waals surface area contributed by atoms with E-state index in [0.29, 0.717) is 5.56 Å². The van der Waals surface area contributed by atoms with E-state index in [4.69, 9.17) is 22.3 Å². The van der Waals surface area contributed by atoms with Gasteiger partial charge in [0.15, 0.2) is 0 Å². The number of nitrogens with one attached hydrogen (secondary N) is 1. The summed E-state index contributed by atoms with van der Waals surface area (Å²) in [5, 5.41) is 2.95. The molecule has 0 aromatic heterocycles. The third-order valence-corrected chi connectivity index (χ3v) is 4.56. The molecule has 1 atom stereocenters. The predicted molar refractivity (Wildman–Crippen MR) is 76.4 cm³/mol. The molecule has 0 radical (unpaired) electrons. The van der Waals surface area contributed by atoms with Gasteiger partial charge in [0, 0.05) is 27.3 Å². The largest absolute Gasteiger partial charge is 0.350 e. The Morgan fingerprint density at radius 3 is 2.47 bits per heavy atom. The molecule has 0 spiro atoms. The van der Waals surface area contributed by atoms with Gasteiger partial charge >= 0.3 is 0 Å². The lowest BCUT2D eigenvalue weighted by atomic mass is 10.1. The number of carbonyl (C=O) groups is 1. The van der Waals surface area contributed by atoms with Crippen LogP contribution in [0.5, 0.6) is 0 Å². The Kier molecular flexibility index (Phi) is 5.24. The highest BCUT2D eigenvalue weighted by Crippen LogP contribution is 2.26. The van der Waals surface area contributed by atoms with Crippen molar-refractivity contribution in [2.24, 2.45) is 0 Å². The minimum atomic E-state index is -3.92. The molecule has 4 nitrogen and oxygen atoms in total. The normalized spacial score (nSPS) is 13.1. The lowest BCUT2D eigenvalue weighted by Crippen LogP contribution is -2.32.